The lowest BCUT2D eigenvalue weighted by Crippen LogP contribution is -2.39. The van der Waals surface area contributed by atoms with Crippen LogP contribution < -0.4 is 16.2 Å². The number of ether oxygens (including phenoxy) is 1. The molecule has 1 amide bonds. The Morgan fingerprint density at radius 3 is 2.74 bits per heavy atom. The third-order valence-corrected chi connectivity index (χ3v) is 9.86. The van der Waals surface area contributed by atoms with Crippen LogP contribution >= 0.6 is 11.3 Å². The number of likely N-dealkylation sites (tertiary alicyclic amines) is 1. The SMILES string of the molecule is O=C(Nc1ncsc1-c1ccccc1)OC1CCN(CCCn2nnc3cc(CNC[C@H](O)c4ccc(O)c5[nH]c(=O)ccc45)ccc32)CC1. The van der Waals surface area contributed by atoms with Crippen LogP contribution in [0.25, 0.3) is 32.4 Å². The number of aromatic nitrogens is 5. The monoisotopic (exact) mass is 694 g/mol. The smallest absolute Gasteiger partial charge is 0.413 e. The number of aromatic amines is 1. The van der Waals surface area contributed by atoms with Gasteiger partial charge in [0.05, 0.1) is 27.5 Å². The number of hydrogen-bond donors (Lipinski definition) is 5. The fraction of sp³-hybridized carbons (Fsp3) is 0.306. The molecule has 4 heterocycles. The van der Waals surface area contributed by atoms with E-state index in [9.17, 15) is 19.8 Å². The molecular formula is C36H38N8O5S. The topological polar surface area (TPSA) is 171 Å². The highest BCUT2D eigenvalue weighted by Gasteiger charge is 2.23. The predicted octanol–water partition coefficient (Wildman–Crippen LogP) is 5.03. The van der Waals surface area contributed by atoms with E-state index in [0.29, 0.717) is 28.8 Å². The molecule has 6 aromatic rings. The van der Waals surface area contributed by atoms with Crippen LogP contribution in [-0.4, -0.2) is 78.5 Å². The van der Waals surface area contributed by atoms with Gasteiger partial charge < -0.3 is 30.2 Å². The molecule has 1 aliphatic rings. The van der Waals surface area contributed by atoms with Crippen LogP contribution in [0.2, 0.25) is 0 Å². The number of aliphatic hydroxyl groups is 1. The second-order valence-electron chi connectivity index (χ2n) is 12.4. The fourth-order valence-electron chi connectivity index (χ4n) is 6.41. The van der Waals surface area contributed by atoms with Crippen molar-refractivity contribution in [3.63, 3.8) is 0 Å². The number of rotatable bonds is 12. The summed E-state index contributed by atoms with van der Waals surface area (Å²) in [5, 5.41) is 36.4. The number of phenolic OH excluding ortho intramolecular Hbond substituents is 1. The average molecular weight is 695 g/mol. The van der Waals surface area contributed by atoms with Crippen LogP contribution in [0.15, 0.2) is 83.1 Å². The number of anilines is 1. The Kier molecular flexibility index (Phi) is 10.1. The molecule has 0 radical (unpaired) electrons. The van der Waals surface area contributed by atoms with E-state index >= 15 is 0 Å². The van der Waals surface area contributed by atoms with Crippen molar-refractivity contribution in [2.45, 2.75) is 44.6 Å². The third kappa shape index (κ3) is 7.68. The number of amides is 1. The molecule has 0 saturated carbocycles. The number of hydrogen-bond acceptors (Lipinski definition) is 11. The number of H-pyrrole nitrogens is 1. The van der Waals surface area contributed by atoms with E-state index in [1.54, 1.807) is 17.6 Å². The summed E-state index contributed by atoms with van der Waals surface area (Å²) in [6.45, 7) is 4.17. The number of carbonyl (C=O) groups is 1. The minimum absolute atomic E-state index is 0.0395. The molecule has 1 atom stereocenters. The van der Waals surface area contributed by atoms with Gasteiger partial charge in [-0.2, -0.15) is 0 Å². The molecule has 1 aliphatic heterocycles. The van der Waals surface area contributed by atoms with Crippen molar-refractivity contribution in [2.24, 2.45) is 0 Å². The first-order valence-electron chi connectivity index (χ1n) is 16.7. The van der Waals surface area contributed by atoms with Gasteiger partial charge in [-0.3, -0.25) is 10.1 Å². The number of aryl methyl sites for hydroxylation is 1. The van der Waals surface area contributed by atoms with Crippen molar-refractivity contribution >= 4 is 45.2 Å². The Balaban J connectivity index is 0.838. The minimum atomic E-state index is -0.839. The van der Waals surface area contributed by atoms with E-state index in [1.165, 1.54) is 23.5 Å². The number of piperidine rings is 1. The summed E-state index contributed by atoms with van der Waals surface area (Å²) in [7, 11) is 0. The highest BCUT2D eigenvalue weighted by atomic mass is 32.1. The average Bonchev–Trinajstić information content (AvgIpc) is 3.76. The number of benzene rings is 3. The summed E-state index contributed by atoms with van der Waals surface area (Å²) in [6.07, 6.45) is 1.04. The number of thiazole rings is 1. The summed E-state index contributed by atoms with van der Waals surface area (Å²) in [6, 6.07) is 22.0. The van der Waals surface area contributed by atoms with Gasteiger partial charge in [0.25, 0.3) is 0 Å². The van der Waals surface area contributed by atoms with E-state index < -0.39 is 12.2 Å². The molecule has 50 heavy (non-hydrogen) atoms. The van der Waals surface area contributed by atoms with E-state index in [-0.39, 0.29) is 24.0 Å². The largest absolute Gasteiger partial charge is 0.506 e. The van der Waals surface area contributed by atoms with E-state index in [1.807, 2.05) is 53.2 Å². The number of nitrogens with zero attached hydrogens (tertiary/aromatic N) is 5. The first-order chi connectivity index (χ1) is 24.4. The summed E-state index contributed by atoms with van der Waals surface area (Å²) in [5.41, 5.74) is 6.12. The summed E-state index contributed by atoms with van der Waals surface area (Å²) < 4.78 is 7.66. The van der Waals surface area contributed by atoms with Gasteiger partial charge >= 0.3 is 6.09 Å². The molecular weight excluding hydrogens is 657 g/mol. The summed E-state index contributed by atoms with van der Waals surface area (Å²) >= 11 is 1.48. The van der Waals surface area contributed by atoms with Gasteiger partial charge in [0, 0.05) is 44.2 Å². The van der Waals surface area contributed by atoms with Crippen molar-refractivity contribution in [3.8, 4) is 16.2 Å². The summed E-state index contributed by atoms with van der Waals surface area (Å²) in [4.78, 5) is 34.6. The zero-order valence-electron chi connectivity index (χ0n) is 27.3. The molecule has 0 unspecified atom stereocenters. The maximum Gasteiger partial charge on any atom is 0.413 e. The number of carbonyl (C=O) groups excluding carboxylic acids is 1. The lowest BCUT2D eigenvalue weighted by molar-refractivity contribution is 0.0582. The first kappa shape index (κ1) is 33.4. The Labute approximate surface area is 291 Å². The molecule has 1 fully saturated rings. The second-order valence-corrected chi connectivity index (χ2v) is 13.2. The molecule has 0 spiro atoms. The molecule has 7 rings (SSSR count). The van der Waals surface area contributed by atoms with Gasteiger partial charge in [-0.05, 0) is 66.8 Å². The first-order valence-corrected chi connectivity index (χ1v) is 17.5. The van der Waals surface area contributed by atoms with Crippen LogP contribution in [0.5, 0.6) is 5.75 Å². The van der Waals surface area contributed by atoms with Gasteiger partial charge in [-0.15, -0.1) is 16.4 Å². The molecule has 3 aromatic carbocycles. The molecule has 1 saturated heterocycles. The van der Waals surface area contributed by atoms with E-state index in [0.717, 1.165) is 72.5 Å². The third-order valence-electron chi connectivity index (χ3n) is 8.99. The van der Waals surface area contributed by atoms with Gasteiger partial charge in [0.2, 0.25) is 5.56 Å². The van der Waals surface area contributed by atoms with Crippen molar-refractivity contribution in [2.75, 3.05) is 31.5 Å². The molecule has 0 bridgehead atoms. The maximum absolute atomic E-state index is 12.6. The molecule has 5 N–H and O–H groups in total. The van der Waals surface area contributed by atoms with Crippen molar-refractivity contribution < 1.29 is 19.7 Å². The Bertz CT molecular complexity index is 2140. The van der Waals surface area contributed by atoms with E-state index in [2.05, 4.69) is 35.8 Å². The Morgan fingerprint density at radius 2 is 1.90 bits per heavy atom. The fourth-order valence-corrected chi connectivity index (χ4v) is 7.16. The van der Waals surface area contributed by atoms with Crippen molar-refractivity contribution in [3.05, 3.63) is 99.8 Å². The lowest BCUT2D eigenvalue weighted by Gasteiger charge is -2.31. The van der Waals surface area contributed by atoms with Gasteiger partial charge in [0.15, 0.2) is 5.82 Å². The number of phenols is 1. The quantitative estimate of drug-likeness (QED) is 0.117. The second kappa shape index (κ2) is 15.2. The normalized spacial score (nSPS) is 14.7. The molecule has 3 aromatic heterocycles. The number of aromatic hydroxyl groups is 1. The van der Waals surface area contributed by atoms with Crippen molar-refractivity contribution in [1.82, 2.24) is 35.2 Å². The number of fused-ring (bicyclic) bond motifs is 2. The standard InChI is InChI=1S/C36H38N8O5S/c45-30-11-8-26(27-9-12-32(47)39-33(27)30)31(46)21-37-20-23-7-10-29-28(19-23)41-42-44(29)16-4-15-43-17-13-25(14-18-43)49-36(48)40-35-34(50-22-38-35)24-5-2-1-3-6-24/h1-3,5-12,19,22,25,31,37,45-46H,4,13-18,20-21H2,(H,39,47)(H,40,48)/t31-/m0/s1. The van der Waals surface area contributed by atoms with Gasteiger partial charge in [-0.25, -0.2) is 14.5 Å². The molecule has 258 valence electrons. The number of pyridine rings is 1. The Hall–Kier alpha value is -5.15. The van der Waals surface area contributed by atoms with Gasteiger partial charge in [0.1, 0.15) is 17.4 Å². The zero-order valence-corrected chi connectivity index (χ0v) is 28.1. The van der Waals surface area contributed by atoms with Crippen LogP contribution in [0.4, 0.5) is 10.6 Å². The lowest BCUT2D eigenvalue weighted by atomic mass is 10.0. The van der Waals surface area contributed by atoms with Crippen LogP contribution in [0, 0.1) is 0 Å². The van der Waals surface area contributed by atoms with E-state index in [4.69, 9.17) is 4.74 Å². The Morgan fingerprint density at radius 1 is 1.06 bits per heavy atom. The highest BCUT2D eigenvalue weighted by molar-refractivity contribution is 7.13. The maximum atomic E-state index is 12.6. The van der Waals surface area contributed by atoms with Gasteiger partial charge in [-0.1, -0.05) is 47.7 Å². The minimum Gasteiger partial charge on any atom is -0.506 e. The number of nitrogens with one attached hydrogen (secondary N) is 3. The predicted molar refractivity (Wildman–Crippen MR) is 192 cm³/mol. The van der Waals surface area contributed by atoms with Crippen LogP contribution in [0.1, 0.15) is 36.5 Å². The highest BCUT2D eigenvalue weighted by Crippen LogP contribution is 2.32. The van der Waals surface area contributed by atoms with Crippen LogP contribution in [0.3, 0.4) is 0 Å². The van der Waals surface area contributed by atoms with Crippen molar-refractivity contribution in [1.29, 1.82) is 0 Å². The number of aliphatic hydroxyl groups excluding tert-OH is 1. The molecule has 14 heteroatoms. The molecule has 13 nitrogen and oxygen atoms in total. The zero-order chi connectivity index (χ0) is 34.5. The molecule has 0 aliphatic carbocycles. The summed E-state index contributed by atoms with van der Waals surface area (Å²) in [5.74, 6) is 0.483. The van der Waals surface area contributed by atoms with Crippen LogP contribution in [-0.2, 0) is 17.8 Å².